The molecule has 0 saturated carbocycles. The second-order valence-corrected chi connectivity index (χ2v) is 7.70. The third-order valence-corrected chi connectivity index (χ3v) is 6.17. The fourth-order valence-electron chi connectivity index (χ4n) is 3.02. The van der Waals surface area contributed by atoms with Crippen LogP contribution >= 0.6 is 11.3 Å². The van der Waals surface area contributed by atoms with Crippen LogP contribution in [0.15, 0.2) is 36.4 Å². The van der Waals surface area contributed by atoms with Crippen LogP contribution in [0.3, 0.4) is 0 Å². The fourth-order valence-corrected chi connectivity index (χ4v) is 4.06. The number of thiophene rings is 1. The van der Waals surface area contributed by atoms with Crippen LogP contribution in [0.4, 0.5) is 4.39 Å². The van der Waals surface area contributed by atoms with Crippen LogP contribution < -0.4 is 5.32 Å². The number of halogens is 1. The lowest BCUT2D eigenvalue weighted by Crippen LogP contribution is -2.42. The molecule has 1 aromatic carbocycles. The monoisotopic (exact) mass is 349 g/mol. The van der Waals surface area contributed by atoms with E-state index in [-0.39, 0.29) is 23.9 Å². The van der Waals surface area contributed by atoms with E-state index in [1.165, 1.54) is 17.0 Å². The van der Waals surface area contributed by atoms with E-state index >= 15 is 0 Å². The highest BCUT2D eigenvalue weighted by Crippen LogP contribution is 2.33. The molecule has 3 rings (SSSR count). The summed E-state index contributed by atoms with van der Waals surface area (Å²) in [5.41, 5.74) is 0.972. The molecule has 3 nitrogen and oxygen atoms in total. The van der Waals surface area contributed by atoms with Crippen LogP contribution in [0.1, 0.15) is 30.7 Å². The van der Waals surface area contributed by atoms with E-state index in [0.29, 0.717) is 0 Å². The molecule has 0 amide bonds. The lowest BCUT2D eigenvalue weighted by molar-refractivity contribution is -0.0163. The number of rotatable bonds is 6. The number of aliphatic hydroxyl groups is 1. The van der Waals surface area contributed by atoms with Crippen molar-refractivity contribution in [1.29, 1.82) is 0 Å². The first-order valence-electron chi connectivity index (χ1n) is 8.40. The number of hydrogen-bond acceptors (Lipinski definition) is 4. The van der Waals surface area contributed by atoms with Gasteiger partial charge in [0.1, 0.15) is 5.82 Å². The molecule has 0 spiro atoms. The summed E-state index contributed by atoms with van der Waals surface area (Å²) >= 11 is 1.72. The zero-order valence-electron chi connectivity index (χ0n) is 13.9. The number of nitrogens with one attached hydrogen (secondary N) is 1. The molecular weight excluding hydrogens is 325 g/mol. The van der Waals surface area contributed by atoms with E-state index in [4.69, 9.17) is 4.74 Å². The topological polar surface area (TPSA) is 41.5 Å². The highest BCUT2D eigenvalue weighted by atomic mass is 32.1. The van der Waals surface area contributed by atoms with E-state index < -0.39 is 0 Å². The molecule has 1 fully saturated rings. The van der Waals surface area contributed by atoms with Crippen molar-refractivity contribution in [3.05, 3.63) is 47.1 Å². The minimum absolute atomic E-state index is 0.0659. The van der Waals surface area contributed by atoms with E-state index in [9.17, 15) is 9.50 Å². The van der Waals surface area contributed by atoms with Crippen molar-refractivity contribution < 1.29 is 14.2 Å². The Hall–Kier alpha value is -1.27. The Kier molecular flexibility index (Phi) is 5.66. The average Bonchev–Trinajstić information content (AvgIpc) is 3.11. The first-order chi connectivity index (χ1) is 11.6. The second-order valence-electron chi connectivity index (χ2n) is 6.58. The van der Waals surface area contributed by atoms with Crippen LogP contribution in [0.2, 0.25) is 0 Å². The van der Waals surface area contributed by atoms with Crippen LogP contribution in [0.25, 0.3) is 10.4 Å². The van der Waals surface area contributed by atoms with Crippen molar-refractivity contribution in [2.24, 2.45) is 5.41 Å². The molecule has 5 heteroatoms. The third kappa shape index (κ3) is 4.03. The molecule has 1 aromatic heterocycles. The predicted octanol–water partition coefficient (Wildman–Crippen LogP) is 3.99. The third-order valence-electron chi connectivity index (χ3n) is 4.85. The van der Waals surface area contributed by atoms with Crippen molar-refractivity contribution in [3.8, 4) is 10.4 Å². The Morgan fingerprint density at radius 2 is 1.92 bits per heavy atom. The Bertz CT molecular complexity index is 650. The van der Waals surface area contributed by atoms with Gasteiger partial charge in [-0.2, -0.15) is 0 Å². The summed E-state index contributed by atoms with van der Waals surface area (Å²) < 4.78 is 18.5. The smallest absolute Gasteiger partial charge is 0.123 e. The van der Waals surface area contributed by atoms with Crippen molar-refractivity contribution in [1.82, 2.24) is 5.32 Å². The molecule has 0 radical (unpaired) electrons. The number of benzene rings is 1. The summed E-state index contributed by atoms with van der Waals surface area (Å²) in [6, 6.07) is 11.0. The van der Waals surface area contributed by atoms with Gasteiger partial charge in [0.2, 0.25) is 0 Å². The minimum Gasteiger partial charge on any atom is -0.396 e. The van der Waals surface area contributed by atoms with Gasteiger partial charge >= 0.3 is 0 Å². The van der Waals surface area contributed by atoms with Crippen molar-refractivity contribution >= 4 is 11.3 Å². The fraction of sp³-hybridized carbons (Fsp3) is 0.474. The van der Waals surface area contributed by atoms with E-state index in [1.807, 2.05) is 12.1 Å². The molecule has 2 aromatic rings. The molecule has 2 heterocycles. The second kappa shape index (κ2) is 7.74. The van der Waals surface area contributed by atoms with Gasteiger partial charge in [0, 0.05) is 41.0 Å². The van der Waals surface area contributed by atoms with Gasteiger partial charge < -0.3 is 15.2 Å². The van der Waals surface area contributed by atoms with Crippen LogP contribution in [-0.2, 0) is 4.74 Å². The number of aliphatic hydroxyl groups excluding tert-OH is 1. The molecule has 0 bridgehead atoms. The van der Waals surface area contributed by atoms with Crippen molar-refractivity contribution in [3.63, 3.8) is 0 Å². The molecule has 1 saturated heterocycles. The molecule has 2 N–H and O–H groups in total. The maximum Gasteiger partial charge on any atom is 0.123 e. The summed E-state index contributed by atoms with van der Waals surface area (Å²) in [6.07, 6.45) is 1.79. The van der Waals surface area contributed by atoms with Crippen LogP contribution in [-0.4, -0.2) is 31.5 Å². The zero-order chi connectivity index (χ0) is 17.0. The molecule has 1 atom stereocenters. The van der Waals surface area contributed by atoms with Crippen molar-refractivity contribution in [2.75, 3.05) is 26.4 Å². The van der Waals surface area contributed by atoms with Gasteiger partial charge in [-0.3, -0.25) is 0 Å². The van der Waals surface area contributed by atoms with E-state index in [2.05, 4.69) is 24.4 Å². The average molecular weight is 349 g/mol. The SMILES string of the molecule is CC(NCC1(CO)CCOCC1)c1ccc(-c2ccc(F)cc2)s1. The summed E-state index contributed by atoms with van der Waals surface area (Å²) in [6.45, 7) is 4.58. The van der Waals surface area contributed by atoms with E-state index in [0.717, 1.165) is 43.0 Å². The predicted molar refractivity (Wildman–Crippen MR) is 95.7 cm³/mol. The standard InChI is InChI=1S/C19H24FNO2S/c1-14(21-12-19(13-22)8-10-23-11-9-19)17-6-7-18(24-17)15-2-4-16(20)5-3-15/h2-7,14,21-22H,8-13H2,1H3. The Labute approximate surface area is 146 Å². The van der Waals surface area contributed by atoms with Gasteiger partial charge in [0.05, 0.1) is 6.61 Å². The quantitative estimate of drug-likeness (QED) is 0.828. The Morgan fingerprint density at radius 1 is 1.21 bits per heavy atom. The number of ether oxygens (including phenoxy) is 1. The summed E-state index contributed by atoms with van der Waals surface area (Å²) in [7, 11) is 0. The Balaban J connectivity index is 1.63. The van der Waals surface area contributed by atoms with E-state index in [1.54, 1.807) is 11.3 Å². The molecule has 0 aliphatic carbocycles. The minimum atomic E-state index is -0.212. The highest BCUT2D eigenvalue weighted by Gasteiger charge is 2.32. The largest absolute Gasteiger partial charge is 0.396 e. The summed E-state index contributed by atoms with van der Waals surface area (Å²) in [5, 5.41) is 13.3. The molecule has 24 heavy (non-hydrogen) atoms. The van der Waals surface area contributed by atoms with Crippen LogP contribution in [0.5, 0.6) is 0 Å². The molecular formula is C19H24FNO2S. The van der Waals surface area contributed by atoms with Gasteiger partial charge in [-0.1, -0.05) is 12.1 Å². The van der Waals surface area contributed by atoms with Gasteiger partial charge in [-0.05, 0) is 49.6 Å². The first-order valence-corrected chi connectivity index (χ1v) is 9.21. The lowest BCUT2D eigenvalue weighted by Gasteiger charge is -2.36. The maximum atomic E-state index is 13.0. The van der Waals surface area contributed by atoms with Gasteiger partial charge in [-0.15, -0.1) is 11.3 Å². The first kappa shape index (κ1) is 17.5. The van der Waals surface area contributed by atoms with Crippen LogP contribution in [0, 0.1) is 11.2 Å². The summed E-state index contributed by atoms with van der Waals surface area (Å²) in [5.74, 6) is -0.212. The molecule has 1 unspecified atom stereocenters. The van der Waals surface area contributed by atoms with Crippen molar-refractivity contribution in [2.45, 2.75) is 25.8 Å². The van der Waals surface area contributed by atoms with Gasteiger partial charge in [0.25, 0.3) is 0 Å². The van der Waals surface area contributed by atoms with Gasteiger partial charge in [-0.25, -0.2) is 4.39 Å². The molecule has 1 aliphatic heterocycles. The highest BCUT2D eigenvalue weighted by molar-refractivity contribution is 7.15. The normalized spacial score (nSPS) is 18.5. The summed E-state index contributed by atoms with van der Waals surface area (Å²) in [4.78, 5) is 2.39. The Morgan fingerprint density at radius 3 is 2.58 bits per heavy atom. The lowest BCUT2D eigenvalue weighted by atomic mass is 9.81. The number of hydrogen-bond donors (Lipinski definition) is 2. The molecule has 1 aliphatic rings. The zero-order valence-corrected chi connectivity index (χ0v) is 14.7. The van der Waals surface area contributed by atoms with Gasteiger partial charge in [0.15, 0.2) is 0 Å². The maximum absolute atomic E-state index is 13.0. The molecule has 130 valence electrons.